The molecule has 0 radical (unpaired) electrons. The number of ether oxygens (including phenoxy) is 5. The smallest absolute Gasteiger partial charge is 0.408 e. The average molecular weight is 558 g/mol. The van der Waals surface area contributed by atoms with Crippen LogP contribution in [-0.4, -0.2) is 87.1 Å². The van der Waals surface area contributed by atoms with Gasteiger partial charge in [0.05, 0.1) is 33.0 Å². The van der Waals surface area contributed by atoms with Crippen molar-refractivity contribution in [3.8, 4) is 17.2 Å². The average Bonchev–Trinajstić information content (AvgIpc) is 2.94. The largest absolute Gasteiger partial charge is 0.493 e. The van der Waals surface area contributed by atoms with Crippen LogP contribution in [0.3, 0.4) is 0 Å². The molecule has 1 saturated heterocycles. The minimum atomic E-state index is -0.889. The van der Waals surface area contributed by atoms with Crippen LogP contribution in [0.5, 0.6) is 17.2 Å². The molecule has 0 saturated carbocycles. The number of rotatable bonds is 11. The van der Waals surface area contributed by atoms with E-state index in [1.165, 1.54) is 0 Å². The number of alkyl carbamates (subject to hydrolysis) is 1. The lowest BCUT2D eigenvalue weighted by Crippen LogP contribution is -2.58. The molecule has 0 aromatic heterocycles. The molecule has 10 nitrogen and oxygen atoms in total. The molecule has 220 valence electrons. The maximum absolute atomic E-state index is 13.7. The summed E-state index contributed by atoms with van der Waals surface area (Å²) >= 11 is 0. The SMILES string of the molecule is COc1ccc(CN2CCN(C(=O)[C@@H](NC(=O)OCc3ccccc3)[C@@H](C)OC(C)(C)C)CC2)c(OC)c1OC. The van der Waals surface area contributed by atoms with Gasteiger partial charge in [-0.15, -0.1) is 0 Å². The molecular weight excluding hydrogens is 514 g/mol. The summed E-state index contributed by atoms with van der Waals surface area (Å²) < 4.78 is 28.0. The number of benzene rings is 2. The molecule has 40 heavy (non-hydrogen) atoms. The van der Waals surface area contributed by atoms with Crippen molar-refractivity contribution in [2.45, 2.75) is 58.6 Å². The van der Waals surface area contributed by atoms with Crippen LogP contribution in [0.15, 0.2) is 42.5 Å². The van der Waals surface area contributed by atoms with Gasteiger partial charge in [0, 0.05) is 38.3 Å². The highest BCUT2D eigenvalue weighted by atomic mass is 16.6. The first-order valence-corrected chi connectivity index (χ1v) is 13.5. The summed E-state index contributed by atoms with van der Waals surface area (Å²) in [5.74, 6) is 1.59. The third-order valence-electron chi connectivity index (χ3n) is 6.62. The lowest BCUT2D eigenvalue weighted by Gasteiger charge is -2.38. The minimum Gasteiger partial charge on any atom is -0.493 e. The van der Waals surface area contributed by atoms with E-state index in [9.17, 15) is 9.59 Å². The Labute approximate surface area is 237 Å². The van der Waals surface area contributed by atoms with Crippen molar-refractivity contribution in [3.05, 3.63) is 53.6 Å². The number of amides is 2. The van der Waals surface area contributed by atoms with Crippen molar-refractivity contribution in [1.29, 1.82) is 0 Å². The fourth-order valence-electron chi connectivity index (χ4n) is 4.75. The van der Waals surface area contributed by atoms with E-state index < -0.39 is 23.8 Å². The lowest BCUT2D eigenvalue weighted by atomic mass is 10.1. The molecule has 0 unspecified atom stereocenters. The van der Waals surface area contributed by atoms with Gasteiger partial charge < -0.3 is 33.9 Å². The fourth-order valence-corrected chi connectivity index (χ4v) is 4.75. The first kappa shape index (κ1) is 31.0. The minimum absolute atomic E-state index is 0.111. The van der Waals surface area contributed by atoms with E-state index >= 15 is 0 Å². The molecule has 2 atom stereocenters. The van der Waals surface area contributed by atoms with E-state index in [2.05, 4.69) is 10.2 Å². The van der Waals surface area contributed by atoms with Crippen LogP contribution < -0.4 is 19.5 Å². The lowest BCUT2D eigenvalue weighted by molar-refractivity contribution is -0.142. The standard InChI is InChI=1S/C30H43N3O7/c1-21(40-30(2,3)4)25(31-29(35)39-20-22-11-9-8-10-12-22)28(34)33-17-15-32(16-18-33)19-23-13-14-24(36-5)27(38-7)26(23)37-6/h8-14,21,25H,15-20H2,1-7H3,(H,31,35)/t21-,25+/m1/s1. The van der Waals surface area contributed by atoms with Crippen LogP contribution in [-0.2, 0) is 27.4 Å². The van der Waals surface area contributed by atoms with Gasteiger partial charge in [-0.3, -0.25) is 9.69 Å². The number of hydrogen-bond acceptors (Lipinski definition) is 8. The molecule has 2 amide bonds. The highest BCUT2D eigenvalue weighted by Gasteiger charge is 2.35. The Bertz CT molecular complexity index is 1110. The van der Waals surface area contributed by atoms with E-state index in [1.807, 2.05) is 63.2 Å². The second-order valence-corrected chi connectivity index (χ2v) is 10.7. The zero-order chi connectivity index (χ0) is 29.3. The van der Waals surface area contributed by atoms with Crippen molar-refractivity contribution in [2.75, 3.05) is 47.5 Å². The third kappa shape index (κ3) is 8.50. The van der Waals surface area contributed by atoms with Gasteiger partial charge in [0.25, 0.3) is 0 Å². The second kappa shape index (κ2) is 14.2. The zero-order valence-electron chi connectivity index (χ0n) is 24.7. The highest BCUT2D eigenvalue weighted by Crippen LogP contribution is 2.40. The Balaban J connectivity index is 1.64. The van der Waals surface area contributed by atoms with Crippen molar-refractivity contribution >= 4 is 12.0 Å². The van der Waals surface area contributed by atoms with Crippen LogP contribution in [0.1, 0.15) is 38.8 Å². The van der Waals surface area contributed by atoms with E-state index in [1.54, 1.807) is 33.2 Å². The molecule has 0 spiro atoms. The molecular formula is C30H43N3O7. The first-order valence-electron chi connectivity index (χ1n) is 13.5. The van der Waals surface area contributed by atoms with Crippen LogP contribution in [0.2, 0.25) is 0 Å². The summed E-state index contributed by atoms with van der Waals surface area (Å²) in [5, 5.41) is 2.76. The predicted octanol–water partition coefficient (Wildman–Crippen LogP) is 3.86. The second-order valence-electron chi connectivity index (χ2n) is 10.7. The molecule has 0 aliphatic carbocycles. The molecule has 1 N–H and O–H groups in total. The fraction of sp³-hybridized carbons (Fsp3) is 0.533. The molecule has 1 aliphatic rings. The van der Waals surface area contributed by atoms with E-state index in [4.69, 9.17) is 23.7 Å². The number of hydrogen-bond donors (Lipinski definition) is 1. The third-order valence-corrected chi connectivity index (χ3v) is 6.62. The molecule has 3 rings (SSSR count). The van der Waals surface area contributed by atoms with Gasteiger partial charge in [-0.25, -0.2) is 4.79 Å². The van der Waals surface area contributed by atoms with E-state index in [-0.39, 0.29) is 12.5 Å². The monoisotopic (exact) mass is 557 g/mol. The van der Waals surface area contributed by atoms with Gasteiger partial charge in [0.1, 0.15) is 12.6 Å². The Morgan fingerprint density at radius 2 is 1.55 bits per heavy atom. The van der Waals surface area contributed by atoms with Gasteiger partial charge in [-0.05, 0) is 39.3 Å². The Kier molecular flexibility index (Phi) is 11.0. The molecule has 2 aromatic carbocycles. The van der Waals surface area contributed by atoms with Crippen LogP contribution in [0, 0.1) is 0 Å². The molecule has 1 fully saturated rings. The maximum Gasteiger partial charge on any atom is 0.408 e. The summed E-state index contributed by atoms with van der Waals surface area (Å²) in [6, 6.07) is 12.3. The Morgan fingerprint density at radius 3 is 2.12 bits per heavy atom. The summed E-state index contributed by atoms with van der Waals surface area (Å²) in [4.78, 5) is 30.4. The van der Waals surface area contributed by atoms with Crippen molar-refractivity contribution < 1.29 is 33.3 Å². The number of nitrogens with one attached hydrogen (secondary N) is 1. The molecule has 10 heteroatoms. The molecule has 2 aromatic rings. The topological polar surface area (TPSA) is 98.8 Å². The molecule has 1 aliphatic heterocycles. The van der Waals surface area contributed by atoms with Crippen LogP contribution in [0.4, 0.5) is 4.79 Å². The van der Waals surface area contributed by atoms with E-state index in [0.29, 0.717) is 50.0 Å². The maximum atomic E-state index is 13.7. The molecule has 1 heterocycles. The summed E-state index contributed by atoms with van der Waals surface area (Å²) in [6.45, 7) is 10.6. The first-order chi connectivity index (χ1) is 19.1. The van der Waals surface area contributed by atoms with Gasteiger partial charge in [-0.1, -0.05) is 36.4 Å². The van der Waals surface area contributed by atoms with Gasteiger partial charge in [0.2, 0.25) is 11.7 Å². The summed E-state index contributed by atoms with van der Waals surface area (Å²) in [5.41, 5.74) is 1.33. The van der Waals surface area contributed by atoms with Crippen LogP contribution >= 0.6 is 0 Å². The number of methoxy groups -OCH3 is 3. The van der Waals surface area contributed by atoms with Crippen LogP contribution in [0.25, 0.3) is 0 Å². The predicted molar refractivity (Wildman–Crippen MR) is 152 cm³/mol. The normalized spacial score (nSPS) is 15.6. The number of nitrogens with zero attached hydrogens (tertiary/aromatic N) is 2. The van der Waals surface area contributed by atoms with Crippen molar-refractivity contribution in [2.24, 2.45) is 0 Å². The van der Waals surface area contributed by atoms with Crippen molar-refractivity contribution in [1.82, 2.24) is 15.1 Å². The van der Waals surface area contributed by atoms with E-state index in [0.717, 1.165) is 11.1 Å². The Morgan fingerprint density at radius 1 is 0.900 bits per heavy atom. The highest BCUT2D eigenvalue weighted by molar-refractivity contribution is 5.86. The zero-order valence-corrected chi connectivity index (χ0v) is 24.7. The van der Waals surface area contributed by atoms with Crippen molar-refractivity contribution in [3.63, 3.8) is 0 Å². The van der Waals surface area contributed by atoms with Gasteiger partial charge >= 0.3 is 6.09 Å². The van der Waals surface area contributed by atoms with Gasteiger partial charge in [0.15, 0.2) is 11.5 Å². The number of carbonyl (C=O) groups is 2. The summed E-state index contributed by atoms with van der Waals surface area (Å²) in [6.07, 6.45) is -1.23. The Hall–Kier alpha value is -3.50. The van der Waals surface area contributed by atoms with Gasteiger partial charge in [-0.2, -0.15) is 0 Å². The number of piperazine rings is 1. The number of carbonyl (C=O) groups excluding carboxylic acids is 2. The quantitative estimate of drug-likeness (QED) is 0.445. The summed E-state index contributed by atoms with van der Waals surface area (Å²) in [7, 11) is 4.78. The molecule has 0 bridgehead atoms.